The Bertz CT molecular complexity index is 825. The summed E-state index contributed by atoms with van der Waals surface area (Å²) in [5.41, 5.74) is 0.435. The topological polar surface area (TPSA) is 77.1 Å². The first-order valence-corrected chi connectivity index (χ1v) is 12.0. The number of rotatable bonds is 5. The van der Waals surface area contributed by atoms with Gasteiger partial charge in [-0.25, -0.2) is 4.79 Å². The fourth-order valence-electron chi connectivity index (χ4n) is 4.01. The predicted octanol–water partition coefficient (Wildman–Crippen LogP) is 3.43. The van der Waals surface area contributed by atoms with E-state index in [2.05, 4.69) is 5.32 Å². The molecule has 2 fully saturated rings. The molecule has 0 radical (unpaired) electrons. The first kappa shape index (κ1) is 25.6. The molecular formula is C25H39BN2O5. The second-order valence-corrected chi connectivity index (χ2v) is 11.1. The summed E-state index contributed by atoms with van der Waals surface area (Å²) in [7, 11) is -0.435. The molecule has 33 heavy (non-hydrogen) atoms. The number of nitrogens with zero attached hydrogens (tertiary/aromatic N) is 1. The summed E-state index contributed by atoms with van der Waals surface area (Å²) in [6.07, 6.45) is 2.93. The van der Waals surface area contributed by atoms with Crippen LogP contribution in [0.2, 0.25) is 0 Å². The van der Waals surface area contributed by atoms with E-state index < -0.39 is 36.1 Å². The van der Waals surface area contributed by atoms with Crippen molar-refractivity contribution in [2.24, 2.45) is 0 Å². The maximum absolute atomic E-state index is 13.2. The maximum Gasteiger partial charge on any atom is 0.494 e. The number of nitrogens with one attached hydrogen (secondary N) is 1. The average molecular weight is 458 g/mol. The van der Waals surface area contributed by atoms with Gasteiger partial charge in [-0.1, -0.05) is 24.3 Å². The van der Waals surface area contributed by atoms with E-state index >= 15 is 0 Å². The van der Waals surface area contributed by atoms with E-state index in [1.54, 1.807) is 0 Å². The highest BCUT2D eigenvalue weighted by Crippen LogP contribution is 2.36. The number of carbonyl (C=O) groups excluding carboxylic acids is 2. The van der Waals surface area contributed by atoms with Crippen molar-refractivity contribution in [1.82, 2.24) is 10.2 Å². The van der Waals surface area contributed by atoms with E-state index in [1.807, 2.05) is 77.6 Å². The minimum atomic E-state index is -0.680. The number of carbonyl (C=O) groups is 2. The molecule has 0 saturated carbocycles. The summed E-state index contributed by atoms with van der Waals surface area (Å²) in [4.78, 5) is 27.5. The van der Waals surface area contributed by atoms with Gasteiger partial charge in [0, 0.05) is 19.5 Å². The normalized spacial score (nSPS) is 20.9. The summed E-state index contributed by atoms with van der Waals surface area (Å²) >= 11 is 0. The van der Waals surface area contributed by atoms with E-state index in [9.17, 15) is 9.59 Å². The van der Waals surface area contributed by atoms with Crippen LogP contribution in [-0.2, 0) is 25.3 Å². The number of hydrogen-bond donors (Lipinski definition) is 1. The van der Waals surface area contributed by atoms with Gasteiger partial charge in [0.05, 0.1) is 11.2 Å². The molecule has 182 valence electrons. The Hall–Kier alpha value is -2.06. The monoisotopic (exact) mass is 458 g/mol. The van der Waals surface area contributed by atoms with Crippen molar-refractivity contribution in [3.63, 3.8) is 0 Å². The molecule has 1 N–H and O–H groups in total. The molecule has 0 aliphatic carbocycles. The van der Waals surface area contributed by atoms with Crippen LogP contribution < -0.4 is 10.8 Å². The van der Waals surface area contributed by atoms with Crippen LogP contribution >= 0.6 is 0 Å². The van der Waals surface area contributed by atoms with Crippen LogP contribution in [0.3, 0.4) is 0 Å². The number of hydrogen-bond acceptors (Lipinski definition) is 5. The molecule has 7 nitrogen and oxygen atoms in total. The van der Waals surface area contributed by atoms with E-state index in [0.717, 1.165) is 43.4 Å². The molecule has 2 heterocycles. The zero-order chi connectivity index (χ0) is 24.4. The van der Waals surface area contributed by atoms with Crippen molar-refractivity contribution in [1.29, 1.82) is 0 Å². The second kappa shape index (κ2) is 9.67. The van der Waals surface area contributed by atoms with E-state index in [-0.39, 0.29) is 5.91 Å². The Kier molecular flexibility index (Phi) is 7.49. The molecule has 1 unspecified atom stereocenters. The van der Waals surface area contributed by atoms with Crippen LogP contribution in [0.1, 0.15) is 73.3 Å². The minimum Gasteiger partial charge on any atom is -0.444 e. The number of ether oxygens (including phenoxy) is 1. The maximum atomic E-state index is 13.2. The average Bonchev–Trinajstić information content (AvgIpc) is 2.94. The third-order valence-electron chi connectivity index (χ3n) is 6.60. The van der Waals surface area contributed by atoms with Crippen molar-refractivity contribution < 1.29 is 23.6 Å². The molecule has 2 aliphatic heterocycles. The quantitative estimate of drug-likeness (QED) is 0.685. The molecular weight excluding hydrogens is 419 g/mol. The number of amides is 2. The zero-order valence-corrected chi connectivity index (χ0v) is 21.2. The lowest BCUT2D eigenvalue weighted by molar-refractivity contribution is -0.134. The van der Waals surface area contributed by atoms with Crippen molar-refractivity contribution in [3.05, 3.63) is 29.8 Å². The largest absolute Gasteiger partial charge is 0.494 e. The van der Waals surface area contributed by atoms with Crippen LogP contribution in [0.25, 0.3) is 0 Å². The Morgan fingerprint density at radius 1 is 1.03 bits per heavy atom. The van der Waals surface area contributed by atoms with Gasteiger partial charge >= 0.3 is 13.2 Å². The van der Waals surface area contributed by atoms with Crippen LogP contribution in [0, 0.1) is 0 Å². The van der Waals surface area contributed by atoms with Crippen molar-refractivity contribution in [3.8, 4) is 0 Å². The molecule has 0 aromatic heterocycles. The van der Waals surface area contributed by atoms with Gasteiger partial charge < -0.3 is 24.3 Å². The summed E-state index contributed by atoms with van der Waals surface area (Å²) in [6.45, 7) is 15.0. The summed E-state index contributed by atoms with van der Waals surface area (Å²) in [5.74, 6) is -0.0596. The fraction of sp³-hybridized carbons (Fsp3) is 0.680. The van der Waals surface area contributed by atoms with E-state index in [0.29, 0.717) is 6.42 Å². The third-order valence-corrected chi connectivity index (χ3v) is 6.60. The lowest BCUT2D eigenvalue weighted by atomic mass is 9.78. The Labute approximate surface area is 198 Å². The van der Waals surface area contributed by atoms with Gasteiger partial charge in [0.1, 0.15) is 11.6 Å². The second-order valence-electron chi connectivity index (χ2n) is 11.1. The number of likely N-dealkylation sites (tertiary alicyclic amines) is 1. The Morgan fingerprint density at radius 3 is 2.09 bits per heavy atom. The molecule has 1 aromatic carbocycles. The molecule has 8 heteroatoms. The summed E-state index contributed by atoms with van der Waals surface area (Å²) in [5, 5.41) is 2.81. The standard InChI is InChI=1S/C25H39BN2O5/c1-23(2,3)31-22(30)27-20(21(29)28-15-9-8-10-16-28)17-18-11-13-19(14-12-18)26-32-24(4,5)25(6,7)33-26/h11-14,20H,8-10,15-17H2,1-7H3,(H,27,30). The van der Waals surface area contributed by atoms with Crippen LogP contribution in [0.4, 0.5) is 4.79 Å². The first-order chi connectivity index (χ1) is 15.3. The summed E-state index contributed by atoms with van der Waals surface area (Å²) in [6, 6.07) is 7.18. The molecule has 2 amide bonds. The molecule has 0 bridgehead atoms. The van der Waals surface area contributed by atoms with Gasteiger partial charge in [0.15, 0.2) is 0 Å². The predicted molar refractivity (Wildman–Crippen MR) is 129 cm³/mol. The van der Waals surface area contributed by atoms with Gasteiger partial charge in [-0.15, -0.1) is 0 Å². The minimum absolute atomic E-state index is 0.0596. The number of piperidine rings is 1. The fourth-order valence-corrected chi connectivity index (χ4v) is 4.01. The van der Waals surface area contributed by atoms with Gasteiger partial charge in [0.2, 0.25) is 5.91 Å². The van der Waals surface area contributed by atoms with Gasteiger partial charge in [-0.3, -0.25) is 4.79 Å². The number of benzene rings is 1. The van der Waals surface area contributed by atoms with E-state index in [4.69, 9.17) is 14.0 Å². The van der Waals surface area contributed by atoms with E-state index in [1.165, 1.54) is 0 Å². The first-order valence-electron chi connectivity index (χ1n) is 12.0. The highest BCUT2D eigenvalue weighted by Gasteiger charge is 2.51. The van der Waals surface area contributed by atoms with Gasteiger partial charge in [-0.05, 0) is 78.8 Å². The Balaban J connectivity index is 1.72. The third kappa shape index (κ3) is 6.51. The van der Waals surface area contributed by atoms with Gasteiger partial charge in [-0.2, -0.15) is 0 Å². The number of alkyl carbamates (subject to hydrolysis) is 1. The van der Waals surface area contributed by atoms with Crippen molar-refractivity contribution >= 4 is 24.6 Å². The lowest BCUT2D eigenvalue weighted by Gasteiger charge is -2.32. The van der Waals surface area contributed by atoms with Crippen LogP contribution in [0.5, 0.6) is 0 Å². The Morgan fingerprint density at radius 2 is 1.58 bits per heavy atom. The highest BCUT2D eigenvalue weighted by atomic mass is 16.7. The SMILES string of the molecule is CC(C)(C)OC(=O)NC(Cc1ccc(B2OC(C)(C)C(C)(C)O2)cc1)C(=O)N1CCCCC1. The molecule has 1 atom stereocenters. The lowest BCUT2D eigenvalue weighted by Crippen LogP contribution is -2.51. The molecule has 3 rings (SSSR count). The highest BCUT2D eigenvalue weighted by molar-refractivity contribution is 6.62. The molecule has 2 saturated heterocycles. The smallest absolute Gasteiger partial charge is 0.444 e. The van der Waals surface area contributed by atoms with Crippen LogP contribution in [0.15, 0.2) is 24.3 Å². The van der Waals surface area contributed by atoms with Crippen molar-refractivity contribution in [2.45, 2.75) is 97.0 Å². The zero-order valence-electron chi connectivity index (χ0n) is 21.2. The molecule has 2 aliphatic rings. The summed E-state index contributed by atoms with van der Waals surface area (Å²) < 4.78 is 17.7. The molecule has 1 aromatic rings. The van der Waals surface area contributed by atoms with Crippen LogP contribution in [-0.4, -0.2) is 60.0 Å². The van der Waals surface area contributed by atoms with Crippen molar-refractivity contribution in [2.75, 3.05) is 13.1 Å². The molecule has 0 spiro atoms. The van der Waals surface area contributed by atoms with Gasteiger partial charge in [0.25, 0.3) is 0 Å².